The van der Waals surface area contributed by atoms with Gasteiger partial charge < -0.3 is 24.4 Å². The van der Waals surface area contributed by atoms with Gasteiger partial charge in [-0.25, -0.2) is 0 Å². The van der Waals surface area contributed by atoms with Crippen molar-refractivity contribution >= 4 is 21.8 Å². The van der Waals surface area contributed by atoms with Crippen molar-refractivity contribution in [2.45, 2.75) is 70.1 Å². The molecule has 0 bridgehead atoms. The maximum Gasteiger partial charge on any atom is 0.288 e. The number of rotatable bonds is 8. The first-order valence-electron chi connectivity index (χ1n) is 13.0. The Morgan fingerprint density at radius 3 is 2.47 bits per heavy atom. The Morgan fingerprint density at radius 1 is 1.12 bits per heavy atom. The van der Waals surface area contributed by atoms with Crippen molar-refractivity contribution in [3.05, 3.63) is 46.1 Å². The highest BCUT2D eigenvalue weighted by Gasteiger charge is 2.39. The zero-order chi connectivity index (χ0) is 23.9. The summed E-state index contributed by atoms with van der Waals surface area (Å²) in [6.07, 6.45) is 8.94. The number of likely N-dealkylation sites (tertiary alicyclic amines) is 2. The Balaban J connectivity index is 1.51. The van der Waals surface area contributed by atoms with Crippen LogP contribution < -0.4 is 0 Å². The summed E-state index contributed by atoms with van der Waals surface area (Å²) < 4.78 is 13.2. The lowest BCUT2D eigenvalue weighted by Crippen LogP contribution is -2.49. The third-order valence-electron chi connectivity index (χ3n) is 7.54. The van der Waals surface area contributed by atoms with E-state index in [4.69, 9.17) is 9.47 Å². The molecule has 2 fully saturated rings. The number of aliphatic hydroxyl groups excluding tert-OH is 1. The molecular formula is C27H39BrN2O4. The van der Waals surface area contributed by atoms with E-state index in [1.54, 1.807) is 0 Å². The van der Waals surface area contributed by atoms with E-state index in [1.165, 1.54) is 32.4 Å². The van der Waals surface area contributed by atoms with Gasteiger partial charge in [0, 0.05) is 48.7 Å². The quantitative estimate of drug-likeness (QED) is 0.524. The van der Waals surface area contributed by atoms with Crippen LogP contribution in [-0.4, -0.2) is 72.5 Å². The number of amides is 1. The molecule has 3 aliphatic rings. The molecule has 0 radical (unpaired) electrons. The minimum Gasteiger partial charge on any atom is -0.459 e. The van der Waals surface area contributed by atoms with E-state index in [0.29, 0.717) is 24.8 Å². The highest BCUT2D eigenvalue weighted by molar-refractivity contribution is 9.10. The Morgan fingerprint density at radius 2 is 1.82 bits per heavy atom. The van der Waals surface area contributed by atoms with Crippen molar-refractivity contribution in [3.63, 3.8) is 0 Å². The van der Waals surface area contributed by atoms with Gasteiger partial charge in [0.15, 0.2) is 5.76 Å². The molecular weight excluding hydrogens is 496 g/mol. The summed E-state index contributed by atoms with van der Waals surface area (Å²) in [4.78, 5) is 18.1. The molecule has 0 aliphatic carbocycles. The number of carbonyl (C=O) groups excluding carboxylic acids is 1. The van der Waals surface area contributed by atoms with Crippen LogP contribution in [0.15, 0.2) is 40.6 Å². The molecule has 1 aromatic carbocycles. The summed E-state index contributed by atoms with van der Waals surface area (Å²) in [6, 6.07) is 8.85. The highest BCUT2D eigenvalue weighted by Crippen LogP contribution is 2.40. The first-order chi connectivity index (χ1) is 16.6. The molecule has 3 heterocycles. The van der Waals surface area contributed by atoms with Crippen LogP contribution in [0.3, 0.4) is 0 Å². The fourth-order valence-electron chi connectivity index (χ4n) is 5.70. The van der Waals surface area contributed by atoms with Gasteiger partial charge in [-0.15, -0.1) is 0 Å². The third-order valence-corrected chi connectivity index (χ3v) is 8.06. The largest absolute Gasteiger partial charge is 0.459 e. The number of halogens is 1. The second-order valence-electron chi connectivity index (χ2n) is 9.70. The number of benzene rings is 1. The zero-order valence-electron chi connectivity index (χ0n) is 20.3. The standard InChI is InChI=1S/C27H39BrN2O4/c1-2-33-27-23(7-6-18-31)24(20-8-10-21(28)11-9-20)19-25(34-27)26(32)30-16-12-22(13-17-30)29-14-4-3-5-15-29/h8-11,19,22-24,27,31H,2-7,12-18H2,1H3/t23-,24+,27+/m0/s1. The fraction of sp³-hybridized carbons (Fsp3) is 0.667. The molecule has 34 heavy (non-hydrogen) atoms. The lowest BCUT2D eigenvalue weighted by atomic mass is 9.80. The number of aliphatic hydroxyl groups is 1. The Hall–Kier alpha value is -1.41. The first-order valence-corrected chi connectivity index (χ1v) is 13.8. The van der Waals surface area contributed by atoms with E-state index in [0.717, 1.165) is 42.4 Å². The average Bonchev–Trinajstić information content (AvgIpc) is 2.88. The third kappa shape index (κ3) is 6.23. The predicted octanol–water partition coefficient (Wildman–Crippen LogP) is 4.68. The second kappa shape index (κ2) is 12.5. The van der Waals surface area contributed by atoms with E-state index in [-0.39, 0.29) is 24.3 Å². The van der Waals surface area contributed by atoms with Gasteiger partial charge in [0.25, 0.3) is 5.91 Å². The fourth-order valence-corrected chi connectivity index (χ4v) is 5.96. The molecule has 7 heteroatoms. The lowest BCUT2D eigenvalue weighted by Gasteiger charge is -2.41. The lowest BCUT2D eigenvalue weighted by molar-refractivity contribution is -0.171. The normalized spacial score (nSPS) is 26.7. The number of carbonyl (C=O) groups is 1. The van der Waals surface area contributed by atoms with Crippen molar-refractivity contribution in [1.82, 2.24) is 9.80 Å². The molecule has 3 atom stereocenters. The second-order valence-corrected chi connectivity index (χ2v) is 10.6. The number of ether oxygens (including phenoxy) is 2. The summed E-state index contributed by atoms with van der Waals surface area (Å²) in [7, 11) is 0. The summed E-state index contributed by atoms with van der Waals surface area (Å²) in [5.74, 6) is 0.414. The first kappa shape index (κ1) is 25.7. The van der Waals surface area contributed by atoms with Gasteiger partial charge in [0.1, 0.15) is 0 Å². The van der Waals surface area contributed by atoms with Crippen LogP contribution in [0.4, 0.5) is 0 Å². The van der Waals surface area contributed by atoms with Crippen molar-refractivity contribution in [2.75, 3.05) is 39.4 Å². The van der Waals surface area contributed by atoms with Gasteiger partial charge in [-0.1, -0.05) is 34.5 Å². The van der Waals surface area contributed by atoms with Gasteiger partial charge in [-0.05, 0) is 82.3 Å². The van der Waals surface area contributed by atoms with Gasteiger partial charge in [0.05, 0.1) is 0 Å². The molecule has 0 unspecified atom stereocenters. The van der Waals surface area contributed by atoms with Gasteiger partial charge >= 0.3 is 0 Å². The average molecular weight is 536 g/mol. The number of nitrogens with zero attached hydrogens (tertiary/aromatic N) is 2. The van der Waals surface area contributed by atoms with Crippen LogP contribution in [0, 0.1) is 5.92 Å². The highest BCUT2D eigenvalue weighted by atomic mass is 79.9. The molecule has 1 N–H and O–H groups in total. The molecule has 0 saturated carbocycles. The molecule has 188 valence electrons. The van der Waals surface area contributed by atoms with E-state index >= 15 is 0 Å². The number of hydrogen-bond acceptors (Lipinski definition) is 5. The van der Waals surface area contributed by atoms with Gasteiger partial charge in [-0.2, -0.15) is 0 Å². The molecule has 0 spiro atoms. The van der Waals surface area contributed by atoms with Crippen LogP contribution in [-0.2, 0) is 14.3 Å². The minimum atomic E-state index is -0.500. The van der Waals surface area contributed by atoms with E-state index in [9.17, 15) is 9.90 Å². The van der Waals surface area contributed by atoms with Crippen LogP contribution in [0.2, 0.25) is 0 Å². The molecule has 0 aromatic heterocycles. The van der Waals surface area contributed by atoms with E-state index in [1.807, 2.05) is 30.0 Å². The number of hydrogen-bond donors (Lipinski definition) is 1. The maximum atomic E-state index is 13.6. The van der Waals surface area contributed by atoms with Gasteiger partial charge in [-0.3, -0.25) is 4.79 Å². The Labute approximate surface area is 212 Å². The van der Waals surface area contributed by atoms with Crippen LogP contribution in [0.5, 0.6) is 0 Å². The molecule has 1 aromatic rings. The van der Waals surface area contributed by atoms with Crippen molar-refractivity contribution in [3.8, 4) is 0 Å². The van der Waals surface area contributed by atoms with E-state index < -0.39 is 6.29 Å². The Kier molecular flexibility index (Phi) is 9.46. The van der Waals surface area contributed by atoms with Gasteiger partial charge in [0.2, 0.25) is 6.29 Å². The summed E-state index contributed by atoms with van der Waals surface area (Å²) in [6.45, 7) is 6.54. The molecule has 4 rings (SSSR count). The van der Waals surface area contributed by atoms with Crippen LogP contribution in [0.25, 0.3) is 0 Å². The van der Waals surface area contributed by atoms with Crippen molar-refractivity contribution < 1.29 is 19.4 Å². The SMILES string of the molecule is CCO[C@@H]1OC(C(=O)N2CCC(N3CCCCC3)CC2)=C[C@H](c2ccc(Br)cc2)[C@@H]1CCCO. The summed E-state index contributed by atoms with van der Waals surface area (Å²) in [5, 5.41) is 9.46. The van der Waals surface area contributed by atoms with Crippen molar-refractivity contribution in [2.24, 2.45) is 5.92 Å². The molecule has 3 aliphatic heterocycles. The number of piperidine rings is 2. The number of allylic oxidation sites excluding steroid dienone is 1. The predicted molar refractivity (Wildman–Crippen MR) is 136 cm³/mol. The molecule has 1 amide bonds. The minimum absolute atomic E-state index is 0.00483. The smallest absolute Gasteiger partial charge is 0.288 e. The van der Waals surface area contributed by atoms with Crippen molar-refractivity contribution in [1.29, 1.82) is 0 Å². The topological polar surface area (TPSA) is 62.2 Å². The van der Waals surface area contributed by atoms with E-state index in [2.05, 4.69) is 33.0 Å². The maximum absolute atomic E-state index is 13.6. The molecule has 6 nitrogen and oxygen atoms in total. The van der Waals surface area contributed by atoms with Crippen LogP contribution in [0.1, 0.15) is 63.4 Å². The monoisotopic (exact) mass is 534 g/mol. The Bertz CT molecular complexity index is 816. The molecule has 2 saturated heterocycles. The summed E-state index contributed by atoms with van der Waals surface area (Å²) >= 11 is 3.52. The summed E-state index contributed by atoms with van der Waals surface area (Å²) in [5.41, 5.74) is 1.13. The van der Waals surface area contributed by atoms with Crippen LogP contribution >= 0.6 is 15.9 Å². The zero-order valence-corrected chi connectivity index (χ0v) is 21.9.